The third-order valence-electron chi connectivity index (χ3n) is 3.72. The van der Waals surface area contributed by atoms with Gasteiger partial charge in [0.2, 0.25) is 5.91 Å². The van der Waals surface area contributed by atoms with E-state index < -0.39 is 0 Å². The van der Waals surface area contributed by atoms with Gasteiger partial charge >= 0.3 is 0 Å². The Kier molecular flexibility index (Phi) is 7.51. The van der Waals surface area contributed by atoms with Crippen LogP contribution in [-0.2, 0) is 14.3 Å². The van der Waals surface area contributed by atoms with Gasteiger partial charge in [-0.3, -0.25) is 9.59 Å². The lowest BCUT2D eigenvalue weighted by molar-refractivity contribution is -0.119. The van der Waals surface area contributed by atoms with Crippen molar-refractivity contribution in [3.8, 4) is 0 Å². The first-order valence-electron chi connectivity index (χ1n) is 8.18. The van der Waals surface area contributed by atoms with Crippen LogP contribution in [0.5, 0.6) is 0 Å². The van der Waals surface area contributed by atoms with Gasteiger partial charge in [-0.1, -0.05) is 6.07 Å². The van der Waals surface area contributed by atoms with E-state index in [0.717, 1.165) is 25.1 Å². The Morgan fingerprint density at radius 1 is 1.33 bits per heavy atom. The molecule has 2 rings (SSSR count). The van der Waals surface area contributed by atoms with E-state index in [0.29, 0.717) is 25.3 Å². The zero-order valence-corrected chi connectivity index (χ0v) is 14.0. The number of carbonyl (C=O) groups excluding carboxylic acids is 2. The number of carbonyl (C=O) groups is 2. The summed E-state index contributed by atoms with van der Waals surface area (Å²) in [6, 6.07) is 7.08. The Labute approximate surface area is 142 Å². The summed E-state index contributed by atoms with van der Waals surface area (Å²) in [6.45, 7) is 2.39. The van der Waals surface area contributed by atoms with Crippen molar-refractivity contribution < 1.29 is 19.1 Å². The standard InChI is InChI=1S/C17H25N3O4/c1-23-9-7-18-16(21)12-19-14-5-2-4-13(10-14)17(22)20-11-15-6-3-8-24-15/h2,4-5,10,15,19H,3,6-9,11-12H2,1H3,(H,18,21)(H,20,22). The fourth-order valence-electron chi connectivity index (χ4n) is 2.42. The topological polar surface area (TPSA) is 88.7 Å². The van der Waals surface area contributed by atoms with Gasteiger partial charge in [0, 0.05) is 38.1 Å². The summed E-state index contributed by atoms with van der Waals surface area (Å²) in [6.07, 6.45) is 2.15. The van der Waals surface area contributed by atoms with Crippen molar-refractivity contribution >= 4 is 17.5 Å². The van der Waals surface area contributed by atoms with Crippen LogP contribution in [0.25, 0.3) is 0 Å². The number of anilines is 1. The minimum absolute atomic E-state index is 0.117. The Morgan fingerprint density at radius 3 is 2.96 bits per heavy atom. The molecule has 1 heterocycles. The molecule has 0 saturated carbocycles. The van der Waals surface area contributed by atoms with Crippen LogP contribution >= 0.6 is 0 Å². The molecule has 1 unspecified atom stereocenters. The normalized spacial score (nSPS) is 16.6. The second kappa shape index (κ2) is 9.89. The lowest BCUT2D eigenvalue weighted by Crippen LogP contribution is -2.32. The van der Waals surface area contributed by atoms with Gasteiger partial charge in [-0.2, -0.15) is 0 Å². The van der Waals surface area contributed by atoms with Crippen LogP contribution in [-0.4, -0.2) is 57.9 Å². The summed E-state index contributed by atoms with van der Waals surface area (Å²) >= 11 is 0. The SMILES string of the molecule is COCCNC(=O)CNc1cccc(C(=O)NCC2CCCO2)c1. The molecule has 0 aromatic heterocycles. The maximum absolute atomic E-state index is 12.2. The predicted octanol–water partition coefficient (Wildman–Crippen LogP) is 0.770. The number of nitrogens with one attached hydrogen (secondary N) is 3. The highest BCUT2D eigenvalue weighted by Gasteiger charge is 2.16. The summed E-state index contributed by atoms with van der Waals surface area (Å²) in [5.41, 5.74) is 1.28. The number of ether oxygens (including phenoxy) is 2. The van der Waals surface area contributed by atoms with Crippen molar-refractivity contribution in [2.45, 2.75) is 18.9 Å². The predicted molar refractivity (Wildman–Crippen MR) is 91.1 cm³/mol. The van der Waals surface area contributed by atoms with Gasteiger partial charge in [-0.15, -0.1) is 0 Å². The van der Waals surface area contributed by atoms with E-state index in [9.17, 15) is 9.59 Å². The van der Waals surface area contributed by atoms with Crippen LogP contribution < -0.4 is 16.0 Å². The van der Waals surface area contributed by atoms with E-state index in [1.807, 2.05) is 6.07 Å². The number of methoxy groups -OCH3 is 1. The molecule has 1 aromatic rings. The van der Waals surface area contributed by atoms with Gasteiger partial charge in [0.15, 0.2) is 0 Å². The Morgan fingerprint density at radius 2 is 2.21 bits per heavy atom. The molecule has 24 heavy (non-hydrogen) atoms. The maximum atomic E-state index is 12.2. The average molecular weight is 335 g/mol. The first-order chi connectivity index (χ1) is 11.7. The Balaban J connectivity index is 1.77. The van der Waals surface area contributed by atoms with Gasteiger partial charge in [-0.25, -0.2) is 0 Å². The van der Waals surface area contributed by atoms with Crippen molar-refractivity contribution in [1.29, 1.82) is 0 Å². The molecule has 0 spiro atoms. The molecule has 1 atom stereocenters. The highest BCUT2D eigenvalue weighted by molar-refractivity contribution is 5.95. The smallest absolute Gasteiger partial charge is 0.251 e. The fourth-order valence-corrected chi connectivity index (χ4v) is 2.42. The monoisotopic (exact) mass is 335 g/mol. The van der Waals surface area contributed by atoms with Gasteiger partial charge < -0.3 is 25.4 Å². The molecule has 7 nitrogen and oxygen atoms in total. The van der Waals surface area contributed by atoms with Crippen LogP contribution in [0.1, 0.15) is 23.2 Å². The number of amides is 2. The van der Waals surface area contributed by atoms with E-state index in [1.165, 1.54) is 0 Å². The number of hydrogen-bond acceptors (Lipinski definition) is 5. The molecular weight excluding hydrogens is 310 g/mol. The van der Waals surface area contributed by atoms with Crippen molar-refractivity contribution in [2.24, 2.45) is 0 Å². The van der Waals surface area contributed by atoms with E-state index in [-0.39, 0.29) is 24.5 Å². The van der Waals surface area contributed by atoms with Gasteiger partial charge in [0.1, 0.15) is 0 Å². The summed E-state index contributed by atoms with van der Waals surface area (Å²) in [7, 11) is 1.58. The van der Waals surface area contributed by atoms with Crippen molar-refractivity contribution in [3.05, 3.63) is 29.8 Å². The molecule has 1 saturated heterocycles. The molecule has 132 valence electrons. The van der Waals surface area contributed by atoms with Crippen LogP contribution in [0.3, 0.4) is 0 Å². The molecule has 0 aliphatic carbocycles. The quantitative estimate of drug-likeness (QED) is 0.580. The minimum Gasteiger partial charge on any atom is -0.383 e. The van der Waals surface area contributed by atoms with Crippen molar-refractivity contribution in [2.75, 3.05) is 45.3 Å². The van der Waals surface area contributed by atoms with Gasteiger partial charge in [-0.05, 0) is 31.0 Å². The molecular formula is C17H25N3O4. The van der Waals surface area contributed by atoms with Crippen LogP contribution in [0, 0.1) is 0 Å². The first kappa shape index (κ1) is 18.2. The molecule has 3 N–H and O–H groups in total. The zero-order chi connectivity index (χ0) is 17.2. The lowest BCUT2D eigenvalue weighted by atomic mass is 10.1. The molecule has 1 fully saturated rings. The highest BCUT2D eigenvalue weighted by atomic mass is 16.5. The number of rotatable bonds is 9. The van der Waals surface area contributed by atoms with Crippen molar-refractivity contribution in [3.63, 3.8) is 0 Å². The van der Waals surface area contributed by atoms with Crippen LogP contribution in [0.2, 0.25) is 0 Å². The largest absolute Gasteiger partial charge is 0.383 e. The van der Waals surface area contributed by atoms with Crippen molar-refractivity contribution in [1.82, 2.24) is 10.6 Å². The van der Waals surface area contributed by atoms with E-state index in [4.69, 9.17) is 9.47 Å². The Bertz CT molecular complexity index is 544. The molecule has 0 bridgehead atoms. The fraction of sp³-hybridized carbons (Fsp3) is 0.529. The lowest BCUT2D eigenvalue weighted by Gasteiger charge is -2.12. The maximum Gasteiger partial charge on any atom is 0.251 e. The van der Waals surface area contributed by atoms with E-state index in [1.54, 1.807) is 25.3 Å². The van der Waals surface area contributed by atoms with Gasteiger partial charge in [0.25, 0.3) is 5.91 Å². The minimum atomic E-state index is -0.140. The number of benzene rings is 1. The highest BCUT2D eigenvalue weighted by Crippen LogP contribution is 2.12. The van der Waals surface area contributed by atoms with E-state index in [2.05, 4.69) is 16.0 Å². The second-order valence-corrected chi connectivity index (χ2v) is 5.62. The van der Waals surface area contributed by atoms with Crippen LogP contribution in [0.15, 0.2) is 24.3 Å². The van der Waals surface area contributed by atoms with E-state index >= 15 is 0 Å². The summed E-state index contributed by atoms with van der Waals surface area (Å²) in [5, 5.41) is 8.61. The molecule has 7 heteroatoms. The van der Waals surface area contributed by atoms with Crippen LogP contribution in [0.4, 0.5) is 5.69 Å². The average Bonchev–Trinajstić information content (AvgIpc) is 3.12. The summed E-state index contributed by atoms with van der Waals surface area (Å²) < 4.78 is 10.4. The summed E-state index contributed by atoms with van der Waals surface area (Å²) in [5.74, 6) is -0.265. The Hall–Kier alpha value is -2.12. The molecule has 0 radical (unpaired) electrons. The second-order valence-electron chi connectivity index (χ2n) is 5.62. The zero-order valence-electron chi connectivity index (χ0n) is 14.0. The molecule has 1 aliphatic rings. The third kappa shape index (κ3) is 6.17. The molecule has 1 aliphatic heterocycles. The molecule has 2 amide bonds. The number of hydrogen-bond donors (Lipinski definition) is 3. The molecule has 1 aromatic carbocycles. The summed E-state index contributed by atoms with van der Waals surface area (Å²) in [4.78, 5) is 23.8. The third-order valence-corrected chi connectivity index (χ3v) is 3.72. The first-order valence-corrected chi connectivity index (χ1v) is 8.18. The van der Waals surface area contributed by atoms with Gasteiger partial charge in [0.05, 0.1) is 19.3 Å².